The smallest absolute Gasteiger partial charge is 0.270 e. The monoisotopic (exact) mass is 476 g/mol. The molecule has 0 fully saturated rings. The van der Waals surface area contributed by atoms with Crippen LogP contribution in [0.1, 0.15) is 21.8 Å². The van der Waals surface area contributed by atoms with Crippen LogP contribution in [0.15, 0.2) is 83.4 Å². The maximum absolute atomic E-state index is 13.2. The number of amides is 1. The number of rotatable bonds is 9. The van der Waals surface area contributed by atoms with E-state index in [0.29, 0.717) is 42.7 Å². The summed E-state index contributed by atoms with van der Waals surface area (Å²) in [6.07, 6.45) is 0.974. The number of nitro benzene ring substituents is 1. The van der Waals surface area contributed by atoms with Crippen molar-refractivity contribution in [3.63, 3.8) is 0 Å². The average molecular weight is 477 g/mol. The molecule has 172 valence electrons. The number of hydrogen-bond acceptors (Lipinski definition) is 6. The number of nitro groups is 1. The quantitative estimate of drug-likeness (QED) is 0.242. The number of aromatic nitrogens is 2. The number of hydrogen-bond donors (Lipinski definition) is 0. The molecule has 0 bridgehead atoms. The van der Waals surface area contributed by atoms with Gasteiger partial charge < -0.3 is 9.42 Å². The fraction of sp³-hybridized carbons (Fsp3) is 0.160. The first-order valence-corrected chi connectivity index (χ1v) is 11.0. The molecule has 0 aliphatic rings. The predicted molar refractivity (Wildman–Crippen MR) is 128 cm³/mol. The molecule has 3 aromatic carbocycles. The van der Waals surface area contributed by atoms with E-state index in [1.54, 1.807) is 29.2 Å². The lowest BCUT2D eigenvalue weighted by molar-refractivity contribution is -0.384. The van der Waals surface area contributed by atoms with Crippen LogP contribution in [-0.2, 0) is 12.8 Å². The molecule has 34 heavy (non-hydrogen) atoms. The van der Waals surface area contributed by atoms with Crippen LogP contribution >= 0.6 is 11.6 Å². The lowest BCUT2D eigenvalue weighted by Gasteiger charge is -2.22. The summed E-state index contributed by atoms with van der Waals surface area (Å²) in [6, 6.07) is 22.7. The number of benzene rings is 3. The third-order valence-electron chi connectivity index (χ3n) is 5.25. The van der Waals surface area contributed by atoms with Crippen LogP contribution in [0.25, 0.3) is 11.4 Å². The number of halogens is 1. The maximum atomic E-state index is 13.2. The Kier molecular flexibility index (Phi) is 7.29. The van der Waals surface area contributed by atoms with E-state index < -0.39 is 4.92 Å². The van der Waals surface area contributed by atoms with Gasteiger partial charge in [0.25, 0.3) is 11.6 Å². The van der Waals surface area contributed by atoms with Crippen LogP contribution in [0.5, 0.6) is 0 Å². The first-order chi connectivity index (χ1) is 16.5. The molecular formula is C25H21ClN4O4. The Morgan fingerprint density at radius 3 is 2.50 bits per heavy atom. The van der Waals surface area contributed by atoms with Crippen molar-refractivity contribution in [1.82, 2.24) is 15.0 Å². The molecule has 0 unspecified atom stereocenters. The summed E-state index contributed by atoms with van der Waals surface area (Å²) in [4.78, 5) is 30.0. The molecule has 8 nitrogen and oxygen atoms in total. The standard InChI is InChI=1S/C25H21ClN4O4/c26-21-10-4-8-19(16-21)24-27-23(34-28-24)13-15-29(14-12-18-6-2-1-3-7-18)25(31)20-9-5-11-22(17-20)30(32)33/h1-11,16-17H,12-15H2. The van der Waals surface area contributed by atoms with Gasteiger partial charge in [-0.2, -0.15) is 4.98 Å². The molecule has 9 heteroatoms. The van der Waals surface area contributed by atoms with Gasteiger partial charge in [0.2, 0.25) is 11.7 Å². The molecule has 0 saturated heterocycles. The van der Waals surface area contributed by atoms with Gasteiger partial charge >= 0.3 is 0 Å². The van der Waals surface area contributed by atoms with Crippen LogP contribution in [0.4, 0.5) is 5.69 Å². The summed E-state index contributed by atoms with van der Waals surface area (Å²) >= 11 is 6.04. The fourth-order valence-electron chi connectivity index (χ4n) is 3.49. The zero-order chi connectivity index (χ0) is 23.9. The summed E-state index contributed by atoms with van der Waals surface area (Å²) in [5.41, 5.74) is 1.95. The number of carbonyl (C=O) groups is 1. The zero-order valence-corrected chi connectivity index (χ0v) is 18.9. The molecule has 0 saturated carbocycles. The fourth-order valence-corrected chi connectivity index (χ4v) is 3.68. The highest BCUT2D eigenvalue weighted by Crippen LogP contribution is 2.20. The van der Waals surface area contributed by atoms with Gasteiger partial charge in [-0.1, -0.05) is 65.3 Å². The summed E-state index contributed by atoms with van der Waals surface area (Å²) in [5, 5.41) is 15.7. The Bertz CT molecular complexity index is 1290. The average Bonchev–Trinajstić information content (AvgIpc) is 3.33. The Labute approximate surface area is 200 Å². The van der Waals surface area contributed by atoms with E-state index in [1.165, 1.54) is 18.2 Å². The number of non-ortho nitro benzene ring substituents is 1. The van der Waals surface area contributed by atoms with E-state index in [2.05, 4.69) is 10.1 Å². The minimum atomic E-state index is -0.513. The first kappa shape index (κ1) is 23.1. The molecular weight excluding hydrogens is 456 g/mol. The molecule has 4 aromatic rings. The molecule has 1 amide bonds. The number of nitrogens with zero attached hydrogens (tertiary/aromatic N) is 4. The lowest BCUT2D eigenvalue weighted by atomic mass is 10.1. The van der Waals surface area contributed by atoms with E-state index in [-0.39, 0.29) is 17.2 Å². The minimum absolute atomic E-state index is 0.128. The van der Waals surface area contributed by atoms with Crippen molar-refractivity contribution < 1.29 is 14.2 Å². The minimum Gasteiger partial charge on any atom is -0.339 e. The van der Waals surface area contributed by atoms with E-state index in [0.717, 1.165) is 11.1 Å². The SMILES string of the molecule is O=C(c1cccc([N+](=O)[O-])c1)N(CCc1ccccc1)CCc1nc(-c2cccc(Cl)c2)no1. The second-order valence-electron chi connectivity index (χ2n) is 7.61. The van der Waals surface area contributed by atoms with Crippen LogP contribution < -0.4 is 0 Å². The van der Waals surface area contributed by atoms with Crippen molar-refractivity contribution in [2.45, 2.75) is 12.8 Å². The van der Waals surface area contributed by atoms with Gasteiger partial charge in [-0.05, 0) is 30.2 Å². The molecule has 0 aliphatic carbocycles. The Balaban J connectivity index is 1.50. The third kappa shape index (κ3) is 5.85. The van der Waals surface area contributed by atoms with Gasteiger partial charge in [-0.15, -0.1) is 0 Å². The van der Waals surface area contributed by atoms with E-state index >= 15 is 0 Å². The highest BCUT2D eigenvalue weighted by molar-refractivity contribution is 6.30. The second-order valence-corrected chi connectivity index (χ2v) is 8.04. The van der Waals surface area contributed by atoms with Gasteiger partial charge in [0, 0.05) is 47.8 Å². The van der Waals surface area contributed by atoms with E-state index in [9.17, 15) is 14.9 Å². The van der Waals surface area contributed by atoms with Crippen molar-refractivity contribution in [2.75, 3.05) is 13.1 Å². The van der Waals surface area contributed by atoms with Crippen molar-refractivity contribution >= 4 is 23.2 Å². The summed E-state index contributed by atoms with van der Waals surface area (Å²) in [5.74, 6) is 0.499. The van der Waals surface area contributed by atoms with Gasteiger partial charge in [-0.3, -0.25) is 14.9 Å². The van der Waals surface area contributed by atoms with E-state index in [4.69, 9.17) is 16.1 Å². The molecule has 0 atom stereocenters. The van der Waals surface area contributed by atoms with Crippen molar-refractivity contribution in [1.29, 1.82) is 0 Å². The normalized spacial score (nSPS) is 10.7. The van der Waals surface area contributed by atoms with Crippen molar-refractivity contribution in [3.05, 3.63) is 111 Å². The summed E-state index contributed by atoms with van der Waals surface area (Å²) in [6.45, 7) is 0.742. The second kappa shape index (κ2) is 10.7. The molecule has 4 rings (SSSR count). The maximum Gasteiger partial charge on any atom is 0.270 e. The topological polar surface area (TPSA) is 102 Å². The van der Waals surface area contributed by atoms with Gasteiger partial charge in [0.15, 0.2) is 0 Å². The summed E-state index contributed by atoms with van der Waals surface area (Å²) < 4.78 is 5.38. The molecule has 0 N–H and O–H groups in total. The predicted octanol–water partition coefficient (Wildman–Crippen LogP) is 5.23. The lowest BCUT2D eigenvalue weighted by Crippen LogP contribution is -2.34. The van der Waals surface area contributed by atoms with Gasteiger partial charge in [0.1, 0.15) is 0 Å². The molecule has 0 radical (unpaired) electrons. The summed E-state index contributed by atoms with van der Waals surface area (Å²) in [7, 11) is 0. The van der Waals surface area contributed by atoms with E-state index in [1.807, 2.05) is 36.4 Å². The molecule has 1 heterocycles. The molecule has 0 aliphatic heterocycles. The molecule has 1 aromatic heterocycles. The third-order valence-corrected chi connectivity index (χ3v) is 5.49. The number of carbonyl (C=O) groups excluding carboxylic acids is 1. The largest absolute Gasteiger partial charge is 0.339 e. The van der Waals surface area contributed by atoms with Crippen LogP contribution in [0.2, 0.25) is 5.02 Å². The van der Waals surface area contributed by atoms with Crippen LogP contribution in [-0.4, -0.2) is 39.0 Å². The van der Waals surface area contributed by atoms with Gasteiger partial charge in [-0.25, -0.2) is 0 Å². The Hall–Kier alpha value is -4.04. The highest BCUT2D eigenvalue weighted by atomic mass is 35.5. The van der Waals surface area contributed by atoms with Crippen LogP contribution in [0, 0.1) is 10.1 Å². The highest BCUT2D eigenvalue weighted by Gasteiger charge is 2.20. The Morgan fingerprint density at radius 1 is 0.971 bits per heavy atom. The van der Waals surface area contributed by atoms with Gasteiger partial charge in [0.05, 0.1) is 4.92 Å². The van der Waals surface area contributed by atoms with Crippen molar-refractivity contribution in [2.24, 2.45) is 0 Å². The molecule has 0 spiro atoms. The zero-order valence-electron chi connectivity index (χ0n) is 18.1. The first-order valence-electron chi connectivity index (χ1n) is 10.7. The van der Waals surface area contributed by atoms with Crippen molar-refractivity contribution in [3.8, 4) is 11.4 Å². The Morgan fingerprint density at radius 2 is 1.74 bits per heavy atom. The van der Waals surface area contributed by atoms with Crippen LogP contribution in [0.3, 0.4) is 0 Å².